The molecular formula is C10H22O5. The van der Waals surface area contributed by atoms with E-state index in [4.69, 9.17) is 24.4 Å². The van der Waals surface area contributed by atoms with Crippen molar-refractivity contribution in [3.05, 3.63) is 0 Å². The average molecular weight is 222 g/mol. The second kappa shape index (κ2) is 13.8. The van der Waals surface area contributed by atoms with E-state index in [9.17, 15) is 0 Å². The number of aliphatic hydroxyl groups excluding tert-OH is 1. The lowest BCUT2D eigenvalue weighted by Crippen LogP contribution is -2.09. The topological polar surface area (TPSA) is 57.2 Å². The van der Waals surface area contributed by atoms with Crippen LogP contribution in [0.15, 0.2) is 0 Å². The fraction of sp³-hybridized carbons (Fsp3) is 1.00. The molecule has 0 saturated heterocycles. The standard InChI is InChI=1S/C10H22O5/c1-2-5-14-15-7-3-6-12-9-10-13-8-4-11/h11H,2-10H2,1H3. The first-order valence-electron chi connectivity index (χ1n) is 5.42. The van der Waals surface area contributed by atoms with Gasteiger partial charge in [0, 0.05) is 6.61 Å². The number of hydrogen-bond donors (Lipinski definition) is 1. The van der Waals surface area contributed by atoms with Crippen LogP contribution in [0, 0.1) is 0 Å². The predicted molar refractivity (Wildman–Crippen MR) is 55.5 cm³/mol. The molecule has 0 heterocycles. The molecule has 0 fully saturated rings. The molecule has 5 heteroatoms. The van der Waals surface area contributed by atoms with Crippen LogP contribution in [-0.2, 0) is 19.2 Å². The molecule has 0 aromatic rings. The molecule has 15 heavy (non-hydrogen) atoms. The van der Waals surface area contributed by atoms with E-state index < -0.39 is 0 Å². The summed E-state index contributed by atoms with van der Waals surface area (Å²) in [6.07, 6.45) is 1.77. The van der Waals surface area contributed by atoms with E-state index in [1.165, 1.54) is 0 Å². The highest BCUT2D eigenvalue weighted by Crippen LogP contribution is 1.88. The molecule has 1 N–H and O–H groups in total. The first-order valence-corrected chi connectivity index (χ1v) is 5.42. The van der Waals surface area contributed by atoms with Crippen LogP contribution in [0.3, 0.4) is 0 Å². The van der Waals surface area contributed by atoms with Crippen molar-refractivity contribution in [3.63, 3.8) is 0 Å². The normalized spacial score (nSPS) is 10.8. The molecule has 0 atom stereocenters. The number of aliphatic hydroxyl groups is 1. The largest absolute Gasteiger partial charge is 0.394 e. The van der Waals surface area contributed by atoms with Gasteiger partial charge in [0.2, 0.25) is 0 Å². The molecule has 5 nitrogen and oxygen atoms in total. The Morgan fingerprint density at radius 3 is 2.13 bits per heavy atom. The summed E-state index contributed by atoms with van der Waals surface area (Å²) >= 11 is 0. The van der Waals surface area contributed by atoms with Gasteiger partial charge in [0.05, 0.1) is 39.6 Å². The fourth-order valence-electron chi connectivity index (χ4n) is 0.808. The highest BCUT2D eigenvalue weighted by Gasteiger charge is 1.91. The Hall–Kier alpha value is -0.200. The van der Waals surface area contributed by atoms with Crippen molar-refractivity contribution in [2.24, 2.45) is 0 Å². The van der Waals surface area contributed by atoms with Crippen LogP contribution in [-0.4, -0.2) is 51.4 Å². The van der Waals surface area contributed by atoms with Gasteiger partial charge >= 0.3 is 0 Å². The summed E-state index contributed by atoms with van der Waals surface area (Å²) in [4.78, 5) is 9.71. The highest BCUT2D eigenvalue weighted by molar-refractivity contribution is 4.34. The molecule has 0 unspecified atom stereocenters. The van der Waals surface area contributed by atoms with Gasteiger partial charge in [0.25, 0.3) is 0 Å². The maximum atomic E-state index is 8.41. The van der Waals surface area contributed by atoms with Crippen LogP contribution in [0.4, 0.5) is 0 Å². The average Bonchev–Trinajstić information content (AvgIpc) is 2.26. The molecule has 0 aliphatic rings. The lowest BCUT2D eigenvalue weighted by Gasteiger charge is -2.05. The Morgan fingerprint density at radius 2 is 1.47 bits per heavy atom. The SMILES string of the molecule is CCCOOCCCOCCOCCO. The molecule has 0 aliphatic carbocycles. The Labute approximate surface area is 91.2 Å². The molecule has 92 valence electrons. The van der Waals surface area contributed by atoms with Gasteiger partial charge in [-0.1, -0.05) is 6.92 Å². The summed E-state index contributed by atoms with van der Waals surface area (Å²) in [6, 6.07) is 0. The number of ether oxygens (including phenoxy) is 2. The van der Waals surface area contributed by atoms with Crippen LogP contribution in [0.25, 0.3) is 0 Å². The summed E-state index contributed by atoms with van der Waals surface area (Å²) in [6.45, 7) is 5.35. The van der Waals surface area contributed by atoms with Crippen molar-refractivity contribution in [1.82, 2.24) is 0 Å². The molecule has 0 bridgehead atoms. The summed E-state index contributed by atoms with van der Waals surface area (Å²) in [7, 11) is 0. The van der Waals surface area contributed by atoms with Gasteiger partial charge in [0.1, 0.15) is 0 Å². The minimum absolute atomic E-state index is 0.0581. The van der Waals surface area contributed by atoms with Gasteiger partial charge in [-0.25, -0.2) is 9.78 Å². The molecule has 0 aromatic heterocycles. The quantitative estimate of drug-likeness (QED) is 0.300. The first kappa shape index (κ1) is 14.8. The first-order chi connectivity index (χ1) is 7.41. The van der Waals surface area contributed by atoms with E-state index >= 15 is 0 Å². The highest BCUT2D eigenvalue weighted by atomic mass is 17.2. The third-order valence-electron chi connectivity index (χ3n) is 1.49. The Morgan fingerprint density at radius 1 is 0.800 bits per heavy atom. The monoisotopic (exact) mass is 222 g/mol. The van der Waals surface area contributed by atoms with Crippen LogP contribution < -0.4 is 0 Å². The molecule has 0 spiro atoms. The van der Waals surface area contributed by atoms with Gasteiger partial charge in [0.15, 0.2) is 0 Å². The van der Waals surface area contributed by atoms with E-state index in [0.717, 1.165) is 12.8 Å². The lowest BCUT2D eigenvalue weighted by atomic mass is 10.5. The summed E-state index contributed by atoms with van der Waals surface area (Å²) < 4.78 is 10.3. The van der Waals surface area contributed by atoms with Gasteiger partial charge in [-0.05, 0) is 12.8 Å². The molecule has 0 radical (unpaired) electrons. The van der Waals surface area contributed by atoms with Gasteiger partial charge < -0.3 is 14.6 Å². The fourth-order valence-corrected chi connectivity index (χ4v) is 0.808. The summed E-state index contributed by atoms with van der Waals surface area (Å²) in [5, 5.41) is 8.41. The van der Waals surface area contributed by atoms with Gasteiger partial charge in [-0.2, -0.15) is 0 Å². The van der Waals surface area contributed by atoms with E-state index in [2.05, 4.69) is 0 Å². The van der Waals surface area contributed by atoms with Crippen LogP contribution >= 0.6 is 0 Å². The van der Waals surface area contributed by atoms with Crippen molar-refractivity contribution in [2.75, 3.05) is 46.2 Å². The summed E-state index contributed by atoms with van der Waals surface area (Å²) in [5.41, 5.74) is 0. The summed E-state index contributed by atoms with van der Waals surface area (Å²) in [5.74, 6) is 0. The van der Waals surface area contributed by atoms with Gasteiger partial charge in [-0.3, -0.25) is 0 Å². The molecule has 0 amide bonds. The Balaban J connectivity index is 2.81. The maximum absolute atomic E-state index is 8.41. The van der Waals surface area contributed by atoms with Crippen LogP contribution in [0.1, 0.15) is 19.8 Å². The minimum atomic E-state index is 0.0581. The molecule has 0 aliphatic heterocycles. The van der Waals surface area contributed by atoms with E-state index in [-0.39, 0.29) is 6.61 Å². The second-order valence-electron chi connectivity index (χ2n) is 2.95. The van der Waals surface area contributed by atoms with Crippen LogP contribution in [0.2, 0.25) is 0 Å². The third kappa shape index (κ3) is 13.8. The van der Waals surface area contributed by atoms with Crippen molar-refractivity contribution < 1.29 is 24.4 Å². The zero-order valence-corrected chi connectivity index (χ0v) is 9.44. The molecule has 0 aromatic carbocycles. The number of hydrogen-bond acceptors (Lipinski definition) is 5. The molecule has 0 saturated carbocycles. The Kier molecular flexibility index (Phi) is 13.6. The van der Waals surface area contributed by atoms with Crippen LogP contribution in [0.5, 0.6) is 0 Å². The van der Waals surface area contributed by atoms with E-state index in [0.29, 0.717) is 39.6 Å². The van der Waals surface area contributed by atoms with Crippen molar-refractivity contribution in [3.8, 4) is 0 Å². The smallest absolute Gasteiger partial charge is 0.0844 e. The molecule has 0 rings (SSSR count). The maximum Gasteiger partial charge on any atom is 0.0844 e. The van der Waals surface area contributed by atoms with Crippen molar-refractivity contribution in [2.45, 2.75) is 19.8 Å². The zero-order chi connectivity index (χ0) is 11.2. The second-order valence-corrected chi connectivity index (χ2v) is 2.95. The zero-order valence-electron chi connectivity index (χ0n) is 9.44. The van der Waals surface area contributed by atoms with Crippen molar-refractivity contribution in [1.29, 1.82) is 0 Å². The van der Waals surface area contributed by atoms with Gasteiger partial charge in [-0.15, -0.1) is 0 Å². The Bertz CT molecular complexity index is 98.0. The van der Waals surface area contributed by atoms with E-state index in [1.807, 2.05) is 6.92 Å². The molecular weight excluding hydrogens is 200 g/mol. The van der Waals surface area contributed by atoms with Crippen molar-refractivity contribution >= 4 is 0 Å². The van der Waals surface area contributed by atoms with E-state index in [1.54, 1.807) is 0 Å². The number of rotatable bonds is 12. The minimum Gasteiger partial charge on any atom is -0.394 e. The predicted octanol–water partition coefficient (Wildman–Crippen LogP) is 0.760. The third-order valence-corrected chi connectivity index (χ3v) is 1.49. The lowest BCUT2D eigenvalue weighted by molar-refractivity contribution is -0.295.